The van der Waals surface area contributed by atoms with Gasteiger partial charge in [0.05, 0.1) is 30.6 Å². The Kier molecular flexibility index (Phi) is 6.54. The molecule has 2 aliphatic rings. The van der Waals surface area contributed by atoms with E-state index in [9.17, 15) is 0 Å². The second-order valence-electron chi connectivity index (χ2n) is 9.30. The largest absolute Gasteiger partial charge is 0.495 e. The number of thiocarbonyl (C=S) groups is 1. The number of benzene rings is 1. The fourth-order valence-corrected chi connectivity index (χ4v) is 6.30. The van der Waals surface area contributed by atoms with Gasteiger partial charge in [0.25, 0.3) is 0 Å². The van der Waals surface area contributed by atoms with Crippen LogP contribution >= 0.6 is 23.8 Å². The van der Waals surface area contributed by atoms with Crippen LogP contribution in [0, 0.1) is 13.8 Å². The quantitative estimate of drug-likeness (QED) is 0.412. The van der Waals surface area contributed by atoms with Crippen molar-refractivity contribution in [2.75, 3.05) is 7.11 Å². The van der Waals surface area contributed by atoms with Crippen molar-refractivity contribution in [2.24, 2.45) is 0 Å². The summed E-state index contributed by atoms with van der Waals surface area (Å²) in [4.78, 5) is 7.18. The van der Waals surface area contributed by atoms with Crippen LogP contribution in [0.2, 0.25) is 5.02 Å². The van der Waals surface area contributed by atoms with Crippen molar-refractivity contribution in [3.63, 3.8) is 0 Å². The topological polar surface area (TPSA) is 42.3 Å². The van der Waals surface area contributed by atoms with Crippen molar-refractivity contribution in [1.29, 1.82) is 0 Å². The smallest absolute Gasteiger partial charge is 0.170 e. The van der Waals surface area contributed by atoms with Crippen LogP contribution in [0.25, 0.3) is 5.69 Å². The first-order valence-electron chi connectivity index (χ1n) is 12.0. The number of nitrogens with one attached hydrogen (secondary N) is 1. The third-order valence-corrected chi connectivity index (χ3v) is 7.84. The fraction of sp³-hybridized carbons (Fsp3) is 0.407. The lowest BCUT2D eigenvalue weighted by molar-refractivity contribution is 0.197. The van der Waals surface area contributed by atoms with Crippen LogP contribution < -0.4 is 10.1 Å². The molecule has 0 bridgehead atoms. The number of pyridine rings is 1. The van der Waals surface area contributed by atoms with Crippen molar-refractivity contribution in [1.82, 2.24) is 19.8 Å². The molecule has 5 nitrogen and oxygen atoms in total. The molecular formula is C27H31ClN4OS. The van der Waals surface area contributed by atoms with Crippen molar-refractivity contribution in [3.8, 4) is 11.4 Å². The van der Waals surface area contributed by atoms with Gasteiger partial charge in [0.2, 0.25) is 0 Å². The average Bonchev–Trinajstić information content (AvgIpc) is 3.35. The van der Waals surface area contributed by atoms with Gasteiger partial charge in [0.1, 0.15) is 5.75 Å². The van der Waals surface area contributed by atoms with Gasteiger partial charge < -0.3 is 19.5 Å². The molecule has 2 atom stereocenters. The molecule has 1 aliphatic carbocycles. The molecule has 5 rings (SSSR count). The van der Waals surface area contributed by atoms with Gasteiger partial charge in [-0.25, -0.2) is 0 Å². The molecule has 1 aromatic carbocycles. The number of halogens is 1. The third kappa shape index (κ3) is 4.07. The molecular weight excluding hydrogens is 464 g/mol. The van der Waals surface area contributed by atoms with E-state index in [0.29, 0.717) is 11.1 Å². The predicted octanol–water partition coefficient (Wildman–Crippen LogP) is 6.46. The first-order valence-corrected chi connectivity index (χ1v) is 12.8. The van der Waals surface area contributed by atoms with Crippen LogP contribution in [-0.4, -0.2) is 32.7 Å². The van der Waals surface area contributed by atoms with Crippen LogP contribution in [0.4, 0.5) is 0 Å². The summed E-state index contributed by atoms with van der Waals surface area (Å²) in [6, 6.07) is 14.6. The molecule has 0 unspecified atom stereocenters. The number of ether oxygens (including phenoxy) is 1. The summed E-state index contributed by atoms with van der Waals surface area (Å²) in [6.45, 7) is 4.32. The van der Waals surface area contributed by atoms with Crippen LogP contribution in [0.3, 0.4) is 0 Å². The van der Waals surface area contributed by atoms with Crippen LogP contribution in [0.5, 0.6) is 5.75 Å². The second kappa shape index (κ2) is 9.59. The molecule has 0 spiro atoms. The van der Waals surface area contributed by atoms with Crippen LogP contribution in [0.1, 0.15) is 66.8 Å². The molecule has 1 saturated carbocycles. The van der Waals surface area contributed by atoms with Crippen LogP contribution in [0.15, 0.2) is 48.7 Å². The minimum atomic E-state index is -0.00849. The van der Waals surface area contributed by atoms with Crippen molar-refractivity contribution < 1.29 is 4.74 Å². The Hall–Kier alpha value is -2.57. The Morgan fingerprint density at radius 1 is 1.09 bits per heavy atom. The van der Waals surface area contributed by atoms with Crippen molar-refractivity contribution >= 4 is 28.9 Å². The highest BCUT2D eigenvalue weighted by atomic mass is 35.5. The SMILES string of the molecule is COc1ccc(Cl)cc1-n1c(C)cc([C@@H]2[C@@H](c3ccccn3)NC(=S)N2C2CCCCC2)c1C. The highest BCUT2D eigenvalue weighted by Gasteiger charge is 2.44. The number of rotatable bonds is 5. The van der Waals surface area contributed by atoms with Gasteiger partial charge in [-0.3, -0.25) is 4.98 Å². The van der Waals surface area contributed by atoms with E-state index >= 15 is 0 Å². The average molecular weight is 495 g/mol. The van der Waals surface area contributed by atoms with Crippen molar-refractivity contribution in [3.05, 3.63) is 76.3 Å². The molecule has 34 heavy (non-hydrogen) atoms. The number of methoxy groups -OCH3 is 1. The summed E-state index contributed by atoms with van der Waals surface area (Å²) in [5.41, 5.74) is 5.51. The van der Waals surface area contributed by atoms with E-state index in [4.69, 9.17) is 33.5 Å². The summed E-state index contributed by atoms with van der Waals surface area (Å²) in [5, 5.41) is 5.15. The first-order chi connectivity index (χ1) is 16.5. The highest BCUT2D eigenvalue weighted by Crippen LogP contribution is 2.45. The van der Waals surface area contributed by atoms with Gasteiger partial charge in [-0.15, -0.1) is 0 Å². The van der Waals surface area contributed by atoms with E-state index in [1.807, 2.05) is 36.5 Å². The number of hydrogen-bond acceptors (Lipinski definition) is 3. The maximum Gasteiger partial charge on any atom is 0.170 e. The summed E-state index contributed by atoms with van der Waals surface area (Å²) in [5.74, 6) is 0.795. The van der Waals surface area contributed by atoms with E-state index < -0.39 is 0 Å². The number of aromatic nitrogens is 2. The molecule has 3 aromatic rings. The Morgan fingerprint density at radius 3 is 2.59 bits per heavy atom. The molecule has 3 heterocycles. The van der Waals surface area contributed by atoms with E-state index in [-0.39, 0.29) is 12.1 Å². The number of nitrogens with zero attached hydrogens (tertiary/aromatic N) is 3. The molecule has 1 aliphatic heterocycles. The Balaban J connectivity index is 1.65. The van der Waals surface area contributed by atoms with Crippen molar-refractivity contribution in [2.45, 2.75) is 64.1 Å². The minimum absolute atomic E-state index is 0.00849. The fourth-order valence-electron chi connectivity index (χ4n) is 5.75. The molecule has 0 amide bonds. The molecule has 0 radical (unpaired) electrons. The summed E-state index contributed by atoms with van der Waals surface area (Å²) >= 11 is 12.3. The first kappa shape index (κ1) is 23.2. The van der Waals surface area contributed by atoms with E-state index in [0.717, 1.165) is 33.6 Å². The molecule has 1 N–H and O–H groups in total. The zero-order chi connectivity index (χ0) is 23.8. The second-order valence-corrected chi connectivity index (χ2v) is 10.1. The summed E-state index contributed by atoms with van der Waals surface area (Å²) < 4.78 is 7.94. The molecule has 7 heteroatoms. The van der Waals surface area contributed by atoms with E-state index in [1.165, 1.54) is 37.7 Å². The Morgan fingerprint density at radius 2 is 1.88 bits per heavy atom. The van der Waals surface area contributed by atoms with Gasteiger partial charge >= 0.3 is 0 Å². The number of hydrogen-bond donors (Lipinski definition) is 1. The zero-order valence-electron chi connectivity index (χ0n) is 19.9. The van der Waals surface area contributed by atoms with Gasteiger partial charge in [-0.2, -0.15) is 0 Å². The lowest BCUT2D eigenvalue weighted by Gasteiger charge is -2.37. The lowest BCUT2D eigenvalue weighted by Crippen LogP contribution is -2.40. The van der Waals surface area contributed by atoms with Crippen LogP contribution in [-0.2, 0) is 0 Å². The normalized spacial score (nSPS) is 21.1. The monoisotopic (exact) mass is 494 g/mol. The summed E-state index contributed by atoms with van der Waals surface area (Å²) in [6.07, 6.45) is 8.03. The van der Waals surface area contributed by atoms with Gasteiger partial charge in [0.15, 0.2) is 5.11 Å². The zero-order valence-corrected chi connectivity index (χ0v) is 21.5. The predicted molar refractivity (Wildman–Crippen MR) is 141 cm³/mol. The highest BCUT2D eigenvalue weighted by molar-refractivity contribution is 7.80. The minimum Gasteiger partial charge on any atom is -0.495 e. The third-order valence-electron chi connectivity index (χ3n) is 7.27. The summed E-state index contributed by atoms with van der Waals surface area (Å²) in [7, 11) is 1.70. The molecule has 2 aromatic heterocycles. The molecule has 1 saturated heterocycles. The maximum absolute atomic E-state index is 6.40. The number of aryl methyl sites for hydroxylation is 1. The van der Waals surface area contributed by atoms with E-state index in [2.05, 4.69) is 40.8 Å². The van der Waals surface area contributed by atoms with E-state index in [1.54, 1.807) is 7.11 Å². The van der Waals surface area contributed by atoms with Gasteiger partial charge in [-0.1, -0.05) is 36.9 Å². The van der Waals surface area contributed by atoms with Gasteiger partial charge in [-0.05, 0) is 80.9 Å². The van der Waals surface area contributed by atoms with Gasteiger partial charge in [0, 0.05) is 28.6 Å². The molecule has 2 fully saturated rings. The Bertz CT molecular complexity index is 1190. The molecule has 178 valence electrons. The Labute approximate surface area is 212 Å². The maximum atomic E-state index is 6.40. The lowest BCUT2D eigenvalue weighted by atomic mass is 9.90. The standard InChI is InChI=1S/C27H31ClN4OS/c1-17-15-21(18(2)31(17)23-16-19(28)12-13-24(23)33-3)26-25(22-11-7-8-14-29-22)30-27(34)32(26)20-9-5-4-6-10-20/h7-8,11-16,20,25-26H,4-6,9-10H2,1-3H3,(H,30,34)/t25-,26-/m1/s1.